The van der Waals surface area contributed by atoms with Crippen LogP contribution in [-0.4, -0.2) is 39.3 Å². The van der Waals surface area contributed by atoms with Crippen LogP contribution in [0.25, 0.3) is 10.2 Å². The fourth-order valence-electron chi connectivity index (χ4n) is 3.32. The molecule has 154 valence electrons. The maximum absolute atomic E-state index is 12.9. The van der Waals surface area contributed by atoms with Gasteiger partial charge in [-0.15, -0.1) is 11.3 Å². The maximum atomic E-state index is 12.9. The van der Waals surface area contributed by atoms with Crippen LogP contribution in [0.4, 0.5) is 13.2 Å². The number of nitrogens with one attached hydrogen (secondary N) is 2. The molecule has 1 aliphatic heterocycles. The Kier molecular flexibility index (Phi) is 5.30. The molecule has 2 aromatic rings. The Balaban J connectivity index is 2.19. The lowest BCUT2D eigenvalue weighted by Gasteiger charge is -2.15. The monoisotopic (exact) mass is 417 g/mol. The number of halogens is 3. The summed E-state index contributed by atoms with van der Waals surface area (Å²) in [6, 6.07) is -0.472. The lowest BCUT2D eigenvalue weighted by atomic mass is 10.2. The van der Waals surface area contributed by atoms with E-state index in [0.717, 1.165) is 25.3 Å². The van der Waals surface area contributed by atoms with Crippen LogP contribution in [0.15, 0.2) is 9.59 Å². The summed E-state index contributed by atoms with van der Waals surface area (Å²) in [6.45, 7) is 6.15. The molecule has 0 spiro atoms. The molecule has 0 atom stereocenters. The number of nitrogens with zero attached hydrogens (tertiary/aromatic N) is 3. The van der Waals surface area contributed by atoms with Gasteiger partial charge in [-0.1, -0.05) is 0 Å². The zero-order valence-electron chi connectivity index (χ0n) is 15.8. The van der Waals surface area contributed by atoms with Gasteiger partial charge in [-0.3, -0.25) is 19.3 Å². The number of thiophene rings is 1. The summed E-state index contributed by atoms with van der Waals surface area (Å²) in [6.07, 6.45) is -5.55. The molecule has 0 aliphatic carbocycles. The third-order valence-electron chi connectivity index (χ3n) is 4.80. The van der Waals surface area contributed by atoms with E-state index in [2.05, 4.69) is 5.32 Å². The molecule has 2 aromatic heterocycles. The molecule has 0 unspecified atom stereocenters. The van der Waals surface area contributed by atoms with Crippen LogP contribution in [0.1, 0.15) is 36.8 Å². The number of alkyl halides is 3. The van der Waals surface area contributed by atoms with Crippen LogP contribution in [0.5, 0.6) is 0 Å². The van der Waals surface area contributed by atoms with Crippen molar-refractivity contribution in [2.45, 2.75) is 52.5 Å². The Hall–Kier alpha value is -2.30. The van der Waals surface area contributed by atoms with Crippen molar-refractivity contribution in [2.75, 3.05) is 13.1 Å². The summed E-state index contributed by atoms with van der Waals surface area (Å²) in [7, 11) is 0. The molecule has 0 saturated carbocycles. The Bertz CT molecular complexity index is 1030. The minimum atomic E-state index is -4.41. The summed E-state index contributed by atoms with van der Waals surface area (Å²) < 4.78 is 40.5. The lowest BCUT2D eigenvalue weighted by molar-refractivity contribution is -0.136. The van der Waals surface area contributed by atoms with Crippen LogP contribution >= 0.6 is 11.3 Å². The molecule has 1 fully saturated rings. The second kappa shape index (κ2) is 7.26. The molecule has 0 bridgehead atoms. The van der Waals surface area contributed by atoms with Crippen molar-refractivity contribution in [2.24, 2.45) is 0 Å². The van der Waals surface area contributed by atoms with E-state index in [0.29, 0.717) is 25.2 Å². The van der Waals surface area contributed by atoms with Gasteiger partial charge in [-0.2, -0.15) is 13.2 Å². The van der Waals surface area contributed by atoms with E-state index in [1.54, 1.807) is 25.7 Å². The number of hydrogen-bond donors (Lipinski definition) is 2. The highest BCUT2D eigenvalue weighted by molar-refractivity contribution is 7.18. The molecule has 3 heterocycles. The summed E-state index contributed by atoms with van der Waals surface area (Å²) in [5, 5.41) is 11.1. The van der Waals surface area contributed by atoms with Gasteiger partial charge in [0.1, 0.15) is 4.83 Å². The second-order valence-corrected chi connectivity index (χ2v) is 8.18. The van der Waals surface area contributed by atoms with Crippen LogP contribution in [0.2, 0.25) is 0 Å². The summed E-state index contributed by atoms with van der Waals surface area (Å²) in [4.78, 5) is 28.6. The van der Waals surface area contributed by atoms with Crippen molar-refractivity contribution in [3.8, 4) is 0 Å². The van der Waals surface area contributed by atoms with Crippen LogP contribution in [0.3, 0.4) is 0 Å². The average molecular weight is 417 g/mol. The summed E-state index contributed by atoms with van der Waals surface area (Å²) >= 11 is 1.15. The van der Waals surface area contributed by atoms with Crippen molar-refractivity contribution >= 4 is 27.5 Å². The van der Waals surface area contributed by atoms with Crippen molar-refractivity contribution in [3.05, 3.63) is 31.3 Å². The van der Waals surface area contributed by atoms with Crippen LogP contribution in [0, 0.1) is 12.3 Å². The molecule has 11 heteroatoms. The molecule has 1 saturated heterocycles. The van der Waals surface area contributed by atoms with Crippen LogP contribution in [-0.2, 0) is 13.1 Å². The number of rotatable bonds is 5. The predicted molar refractivity (Wildman–Crippen MR) is 102 cm³/mol. The quantitative estimate of drug-likeness (QED) is 0.783. The second-order valence-electron chi connectivity index (χ2n) is 7.10. The zero-order chi connectivity index (χ0) is 20.8. The predicted octanol–water partition coefficient (Wildman–Crippen LogP) is 2.41. The maximum Gasteiger partial charge on any atom is 0.390 e. The largest absolute Gasteiger partial charge is 0.390 e. The third kappa shape index (κ3) is 3.67. The summed E-state index contributed by atoms with van der Waals surface area (Å²) in [5.41, 5.74) is -0.548. The normalized spacial score (nSPS) is 15.1. The Morgan fingerprint density at radius 2 is 1.96 bits per heavy atom. The first-order chi connectivity index (χ1) is 13.0. The van der Waals surface area contributed by atoms with Gasteiger partial charge in [-0.05, 0) is 26.3 Å². The minimum Gasteiger partial charge on any atom is -0.355 e. The minimum absolute atomic E-state index is 0.266. The van der Waals surface area contributed by atoms with E-state index in [9.17, 15) is 22.8 Å². The SMILES string of the molecule is Cc1c(CN2CCNC2=N)sc2c1c(=O)n(C(C)C)c(=O)n2CCC(F)(F)F. The molecular formula is C17H22F3N5O2S. The Morgan fingerprint density at radius 3 is 2.50 bits per heavy atom. The molecule has 7 nitrogen and oxygen atoms in total. The number of fused-ring (bicyclic) bond motifs is 1. The van der Waals surface area contributed by atoms with Gasteiger partial charge in [0.2, 0.25) is 0 Å². The standard InChI is InChI=1S/C17H22F3N5O2S/c1-9(2)25-13(26)12-10(3)11(8-23-7-5-22-15(23)21)28-14(12)24(16(25)27)6-4-17(18,19)20/h9H,4-8H2,1-3H3,(H2,21,22). The lowest BCUT2D eigenvalue weighted by Crippen LogP contribution is -2.41. The van der Waals surface area contributed by atoms with Crippen molar-refractivity contribution < 1.29 is 13.2 Å². The van der Waals surface area contributed by atoms with E-state index in [1.807, 2.05) is 0 Å². The van der Waals surface area contributed by atoms with Crippen molar-refractivity contribution in [3.63, 3.8) is 0 Å². The Labute approximate surface area is 162 Å². The first-order valence-corrected chi connectivity index (χ1v) is 9.74. The number of hydrogen-bond acceptors (Lipinski definition) is 4. The van der Waals surface area contributed by atoms with Gasteiger partial charge in [0.15, 0.2) is 5.96 Å². The molecular weight excluding hydrogens is 395 g/mol. The average Bonchev–Trinajstić information content (AvgIpc) is 3.10. The highest BCUT2D eigenvalue weighted by Gasteiger charge is 2.29. The molecule has 2 N–H and O–H groups in total. The van der Waals surface area contributed by atoms with E-state index in [4.69, 9.17) is 5.41 Å². The van der Waals surface area contributed by atoms with Crippen LogP contribution < -0.4 is 16.6 Å². The first-order valence-electron chi connectivity index (χ1n) is 8.92. The smallest absolute Gasteiger partial charge is 0.355 e. The van der Waals surface area contributed by atoms with E-state index in [-0.39, 0.29) is 16.2 Å². The topological polar surface area (TPSA) is 83.1 Å². The van der Waals surface area contributed by atoms with Crippen molar-refractivity contribution in [1.82, 2.24) is 19.4 Å². The van der Waals surface area contributed by atoms with E-state index in [1.165, 1.54) is 0 Å². The van der Waals surface area contributed by atoms with Gasteiger partial charge >= 0.3 is 11.9 Å². The van der Waals surface area contributed by atoms with E-state index < -0.39 is 36.4 Å². The fourth-order valence-corrected chi connectivity index (χ4v) is 4.65. The van der Waals surface area contributed by atoms with Gasteiger partial charge in [0, 0.05) is 30.6 Å². The number of aryl methyl sites for hydroxylation is 2. The van der Waals surface area contributed by atoms with Gasteiger partial charge < -0.3 is 10.2 Å². The molecule has 0 amide bonds. The van der Waals surface area contributed by atoms with Gasteiger partial charge in [-0.25, -0.2) is 4.79 Å². The molecule has 3 rings (SSSR count). The molecule has 28 heavy (non-hydrogen) atoms. The molecule has 0 radical (unpaired) electrons. The van der Waals surface area contributed by atoms with Crippen molar-refractivity contribution in [1.29, 1.82) is 5.41 Å². The van der Waals surface area contributed by atoms with Gasteiger partial charge in [0.25, 0.3) is 5.56 Å². The van der Waals surface area contributed by atoms with E-state index >= 15 is 0 Å². The summed E-state index contributed by atoms with van der Waals surface area (Å²) in [5.74, 6) is 0.269. The first kappa shape index (κ1) is 20.4. The Morgan fingerprint density at radius 1 is 1.29 bits per heavy atom. The van der Waals surface area contributed by atoms with Gasteiger partial charge in [0.05, 0.1) is 18.4 Å². The number of guanidine groups is 1. The third-order valence-corrected chi connectivity index (χ3v) is 6.10. The number of aromatic nitrogens is 2. The highest BCUT2D eigenvalue weighted by atomic mass is 32.1. The fraction of sp³-hybridized carbons (Fsp3) is 0.588. The molecule has 1 aliphatic rings. The highest BCUT2D eigenvalue weighted by Crippen LogP contribution is 2.30. The zero-order valence-corrected chi connectivity index (χ0v) is 16.6. The molecule has 0 aromatic carbocycles.